The zero-order valence-corrected chi connectivity index (χ0v) is 16.3. The number of methoxy groups -OCH3 is 4. The second-order valence-electron chi connectivity index (χ2n) is 6.96. The number of esters is 4. The van der Waals surface area contributed by atoms with Crippen LogP contribution in [0.2, 0.25) is 0 Å². The molecule has 10 heteroatoms. The highest BCUT2D eigenvalue weighted by molar-refractivity contribution is 5.95. The van der Waals surface area contributed by atoms with Gasteiger partial charge < -0.3 is 29.2 Å². The Morgan fingerprint density at radius 3 is 1.86 bits per heavy atom. The Morgan fingerprint density at radius 2 is 1.39 bits per heavy atom. The van der Waals surface area contributed by atoms with E-state index in [-0.39, 0.29) is 12.0 Å². The van der Waals surface area contributed by atoms with Crippen molar-refractivity contribution in [3.63, 3.8) is 0 Å². The van der Waals surface area contributed by atoms with Crippen LogP contribution in [-0.2, 0) is 38.1 Å². The van der Waals surface area contributed by atoms with Crippen molar-refractivity contribution in [1.82, 2.24) is 0 Å². The van der Waals surface area contributed by atoms with Crippen molar-refractivity contribution in [2.75, 3.05) is 28.4 Å². The highest BCUT2D eigenvalue weighted by Crippen LogP contribution is 2.57. The Bertz CT molecular complexity index is 726. The zero-order valence-electron chi connectivity index (χ0n) is 16.3. The maximum absolute atomic E-state index is 12.6. The predicted octanol–water partition coefficient (Wildman–Crippen LogP) is -0.260. The number of fused-ring (bicyclic) bond motifs is 2. The second kappa shape index (κ2) is 7.78. The SMILES string of the molecule is COC(=O)C1=C(O)C(C(=O)OC)[C@]2(O)[C@H](C(=O)OC)[C@H]1C[C@@H](C)[C@@H]2C(=O)OC. The highest BCUT2D eigenvalue weighted by atomic mass is 16.5. The Balaban J connectivity index is 2.89. The molecule has 0 heterocycles. The molecule has 0 radical (unpaired) electrons. The normalized spacial score (nSPS) is 34.3. The van der Waals surface area contributed by atoms with Crippen LogP contribution in [-0.4, -0.2) is 68.1 Å². The molecule has 2 aliphatic rings. The van der Waals surface area contributed by atoms with Crippen LogP contribution < -0.4 is 0 Å². The molecule has 28 heavy (non-hydrogen) atoms. The van der Waals surface area contributed by atoms with Crippen LogP contribution >= 0.6 is 0 Å². The smallest absolute Gasteiger partial charge is 0.337 e. The van der Waals surface area contributed by atoms with Crippen LogP contribution in [0.3, 0.4) is 0 Å². The molecular weight excluding hydrogens is 376 g/mol. The molecule has 1 unspecified atom stereocenters. The molecule has 0 amide bonds. The number of ether oxygens (including phenoxy) is 4. The molecule has 0 aromatic rings. The summed E-state index contributed by atoms with van der Waals surface area (Å²) in [5.41, 5.74) is -2.76. The van der Waals surface area contributed by atoms with Crippen LogP contribution in [0.1, 0.15) is 13.3 Å². The Morgan fingerprint density at radius 1 is 0.893 bits per heavy atom. The van der Waals surface area contributed by atoms with E-state index in [0.717, 1.165) is 28.4 Å². The zero-order chi connectivity index (χ0) is 21.4. The molecule has 6 atom stereocenters. The second-order valence-corrected chi connectivity index (χ2v) is 6.96. The topological polar surface area (TPSA) is 146 Å². The van der Waals surface area contributed by atoms with Crippen molar-refractivity contribution in [3.05, 3.63) is 11.3 Å². The van der Waals surface area contributed by atoms with Gasteiger partial charge in [-0.1, -0.05) is 6.92 Å². The fourth-order valence-corrected chi connectivity index (χ4v) is 4.66. The first-order chi connectivity index (χ1) is 13.1. The minimum atomic E-state index is -2.43. The van der Waals surface area contributed by atoms with Gasteiger partial charge in [-0.3, -0.25) is 14.4 Å². The number of carbonyl (C=O) groups is 4. The minimum absolute atomic E-state index is 0.0598. The van der Waals surface area contributed by atoms with Gasteiger partial charge in [0, 0.05) is 5.92 Å². The van der Waals surface area contributed by atoms with E-state index in [2.05, 4.69) is 4.74 Å². The first-order valence-electron chi connectivity index (χ1n) is 8.58. The van der Waals surface area contributed by atoms with Crippen molar-refractivity contribution in [2.45, 2.75) is 18.9 Å². The van der Waals surface area contributed by atoms with Crippen LogP contribution in [0.15, 0.2) is 11.3 Å². The molecule has 0 aromatic heterocycles. The van der Waals surface area contributed by atoms with E-state index in [4.69, 9.17) is 14.2 Å². The van der Waals surface area contributed by atoms with Crippen molar-refractivity contribution in [3.8, 4) is 0 Å². The number of aliphatic hydroxyl groups excluding tert-OH is 1. The van der Waals surface area contributed by atoms with Gasteiger partial charge in [0.25, 0.3) is 0 Å². The standard InChI is InChI=1S/C18H24O10/c1-7-6-8-9(14(20)25-2)13(19)12(17(23)28-5)18(24,10(7)15(21)26-3)11(8)16(22)27-4/h7-8,10-12,19,24H,6H2,1-5H3/t7-,8+,10-,11+,12?,18-/m1/s1. The van der Waals surface area contributed by atoms with E-state index in [1.54, 1.807) is 6.92 Å². The maximum atomic E-state index is 12.6. The van der Waals surface area contributed by atoms with Crippen LogP contribution in [0.4, 0.5) is 0 Å². The summed E-state index contributed by atoms with van der Waals surface area (Å²) in [7, 11) is 4.26. The molecule has 0 spiro atoms. The lowest BCUT2D eigenvalue weighted by Crippen LogP contribution is -2.68. The van der Waals surface area contributed by atoms with Crippen molar-refractivity contribution in [1.29, 1.82) is 0 Å². The molecule has 2 aliphatic carbocycles. The van der Waals surface area contributed by atoms with Gasteiger partial charge in [-0.2, -0.15) is 0 Å². The van der Waals surface area contributed by atoms with Gasteiger partial charge in [0.1, 0.15) is 17.3 Å². The van der Waals surface area contributed by atoms with Gasteiger partial charge in [-0.15, -0.1) is 0 Å². The van der Waals surface area contributed by atoms with E-state index in [9.17, 15) is 29.4 Å². The summed E-state index contributed by atoms with van der Waals surface area (Å²) in [6.45, 7) is 1.61. The Labute approximate surface area is 161 Å². The average molecular weight is 400 g/mol. The Kier molecular flexibility index (Phi) is 6.03. The third-order valence-electron chi connectivity index (χ3n) is 5.73. The largest absolute Gasteiger partial charge is 0.511 e. The number of rotatable bonds is 4. The van der Waals surface area contributed by atoms with Gasteiger partial charge in [0.05, 0.1) is 45.8 Å². The summed E-state index contributed by atoms with van der Waals surface area (Å²) in [6, 6.07) is 0. The number of aliphatic hydroxyl groups is 2. The molecule has 2 rings (SSSR count). The molecule has 1 saturated carbocycles. The third kappa shape index (κ3) is 2.92. The van der Waals surface area contributed by atoms with Crippen molar-refractivity contribution < 1.29 is 48.3 Å². The molecule has 1 fully saturated rings. The number of carbonyl (C=O) groups excluding carboxylic acids is 4. The van der Waals surface area contributed by atoms with Crippen molar-refractivity contribution in [2.24, 2.45) is 29.6 Å². The summed E-state index contributed by atoms with van der Waals surface area (Å²) in [6.07, 6.45) is 0.0598. The lowest BCUT2D eigenvalue weighted by atomic mass is 9.50. The van der Waals surface area contributed by atoms with Gasteiger partial charge in [0.15, 0.2) is 0 Å². The van der Waals surface area contributed by atoms with E-state index >= 15 is 0 Å². The Hall–Kier alpha value is -2.62. The fraction of sp³-hybridized carbons (Fsp3) is 0.667. The predicted molar refractivity (Wildman–Crippen MR) is 90.4 cm³/mol. The number of hydrogen-bond donors (Lipinski definition) is 2. The summed E-state index contributed by atoms with van der Waals surface area (Å²) >= 11 is 0. The molecule has 0 aromatic carbocycles. The quantitative estimate of drug-likeness (QED) is 0.478. The maximum Gasteiger partial charge on any atom is 0.337 e. The minimum Gasteiger partial charge on any atom is -0.511 e. The monoisotopic (exact) mass is 400 g/mol. The molecule has 2 bridgehead atoms. The average Bonchev–Trinajstić information content (AvgIpc) is 2.65. The van der Waals surface area contributed by atoms with Crippen LogP contribution in [0.25, 0.3) is 0 Å². The van der Waals surface area contributed by atoms with Crippen LogP contribution in [0, 0.1) is 29.6 Å². The summed E-state index contributed by atoms with van der Waals surface area (Å²) in [4.78, 5) is 50.0. The molecule has 0 aliphatic heterocycles. The fourth-order valence-electron chi connectivity index (χ4n) is 4.66. The number of hydrogen-bond acceptors (Lipinski definition) is 10. The molecule has 0 saturated heterocycles. The molecule has 2 N–H and O–H groups in total. The van der Waals surface area contributed by atoms with Gasteiger partial charge in [0.2, 0.25) is 0 Å². The van der Waals surface area contributed by atoms with Gasteiger partial charge in [-0.25, -0.2) is 4.79 Å². The van der Waals surface area contributed by atoms with E-state index in [0.29, 0.717) is 0 Å². The van der Waals surface area contributed by atoms with E-state index < -0.39 is 64.8 Å². The highest BCUT2D eigenvalue weighted by Gasteiger charge is 2.70. The van der Waals surface area contributed by atoms with Crippen LogP contribution in [0.5, 0.6) is 0 Å². The molecule has 10 nitrogen and oxygen atoms in total. The lowest BCUT2D eigenvalue weighted by Gasteiger charge is -2.54. The lowest BCUT2D eigenvalue weighted by molar-refractivity contribution is -0.212. The molecular formula is C18H24O10. The van der Waals surface area contributed by atoms with E-state index in [1.165, 1.54) is 0 Å². The third-order valence-corrected chi connectivity index (χ3v) is 5.73. The summed E-state index contributed by atoms with van der Waals surface area (Å²) in [5, 5.41) is 22.4. The van der Waals surface area contributed by atoms with Gasteiger partial charge in [-0.05, 0) is 12.3 Å². The summed E-state index contributed by atoms with van der Waals surface area (Å²) in [5.74, 6) is -11.1. The molecule has 156 valence electrons. The first kappa shape index (κ1) is 21.7. The van der Waals surface area contributed by atoms with Crippen molar-refractivity contribution >= 4 is 23.9 Å². The summed E-state index contributed by atoms with van der Waals surface area (Å²) < 4.78 is 19.0. The van der Waals surface area contributed by atoms with Gasteiger partial charge >= 0.3 is 23.9 Å². The first-order valence-corrected chi connectivity index (χ1v) is 8.58. The van der Waals surface area contributed by atoms with E-state index in [1.807, 2.05) is 0 Å².